The summed E-state index contributed by atoms with van der Waals surface area (Å²) in [6.07, 6.45) is 10.4. The molecule has 1 aromatic rings. The highest BCUT2D eigenvalue weighted by atomic mass is 15.1. The van der Waals surface area contributed by atoms with Crippen LogP contribution in [0.2, 0.25) is 0 Å². The molecule has 4 N–H and O–H groups in total. The topological polar surface area (TPSA) is 61.0 Å². The Bertz CT molecular complexity index is 572. The predicted octanol–water partition coefficient (Wildman–Crippen LogP) is 3.20. The van der Waals surface area contributed by atoms with Gasteiger partial charge >= 0.3 is 0 Å². The zero-order chi connectivity index (χ0) is 19.3. The van der Waals surface area contributed by atoms with E-state index in [4.69, 9.17) is 4.98 Å². The van der Waals surface area contributed by atoms with Crippen molar-refractivity contribution in [3.05, 3.63) is 29.6 Å². The molecule has 4 rings (SSSR count). The number of rotatable bonds is 0. The molecule has 5 heteroatoms. The third kappa shape index (κ3) is 4.93. The second-order valence-corrected chi connectivity index (χ2v) is 9.17. The normalized spacial score (nSPS) is 37.8. The fourth-order valence-corrected chi connectivity index (χ4v) is 5.43. The van der Waals surface area contributed by atoms with Gasteiger partial charge in [-0.2, -0.15) is 0 Å². The molecule has 0 aromatic carbocycles. The number of pyridine rings is 1. The smallest absolute Gasteiger partial charge is 0.0574 e. The third-order valence-electron chi connectivity index (χ3n) is 7.08. The average Bonchev–Trinajstić information content (AvgIpc) is 2.73. The van der Waals surface area contributed by atoms with E-state index in [0.29, 0.717) is 24.2 Å². The van der Waals surface area contributed by atoms with Crippen LogP contribution in [-0.2, 0) is 0 Å². The molecule has 1 aliphatic heterocycles. The minimum absolute atomic E-state index is 0.283. The van der Waals surface area contributed by atoms with Crippen molar-refractivity contribution in [2.45, 2.75) is 101 Å². The largest absolute Gasteiger partial charge is 0.311 e. The van der Waals surface area contributed by atoms with Gasteiger partial charge in [-0.05, 0) is 51.7 Å². The SMILES string of the molecule is C[C@@H]1NC2CCCCC2NCCNC2CCCCC2N[C@H](C)c2cccc1n2. The van der Waals surface area contributed by atoms with E-state index in [-0.39, 0.29) is 12.1 Å². The van der Waals surface area contributed by atoms with Crippen LogP contribution < -0.4 is 21.3 Å². The van der Waals surface area contributed by atoms with Gasteiger partial charge in [0.15, 0.2) is 0 Å². The van der Waals surface area contributed by atoms with Gasteiger partial charge in [-0.3, -0.25) is 4.98 Å². The van der Waals surface area contributed by atoms with Gasteiger partial charge in [0.25, 0.3) is 0 Å². The first-order valence-electron chi connectivity index (χ1n) is 11.7. The van der Waals surface area contributed by atoms with E-state index in [1.54, 1.807) is 0 Å². The summed E-state index contributed by atoms with van der Waals surface area (Å²) >= 11 is 0. The number of nitrogens with zero attached hydrogens (tertiary/aromatic N) is 1. The van der Waals surface area contributed by atoms with Crippen LogP contribution in [0.5, 0.6) is 0 Å². The summed E-state index contributed by atoms with van der Waals surface area (Å²) in [5.74, 6) is 0. The number of hydrogen-bond acceptors (Lipinski definition) is 5. The number of nitrogens with one attached hydrogen (secondary N) is 4. The highest BCUT2D eigenvalue weighted by molar-refractivity contribution is 5.17. The van der Waals surface area contributed by atoms with E-state index in [0.717, 1.165) is 13.1 Å². The Kier molecular flexibility index (Phi) is 6.99. The van der Waals surface area contributed by atoms with Crippen LogP contribution in [0.3, 0.4) is 0 Å². The van der Waals surface area contributed by atoms with Gasteiger partial charge in [0, 0.05) is 49.3 Å². The summed E-state index contributed by atoms with van der Waals surface area (Å²) < 4.78 is 0. The average molecular weight is 386 g/mol. The van der Waals surface area contributed by atoms with Crippen molar-refractivity contribution in [3.8, 4) is 0 Å². The molecule has 1 aromatic heterocycles. The molecule has 156 valence electrons. The summed E-state index contributed by atoms with van der Waals surface area (Å²) in [4.78, 5) is 5.06. The monoisotopic (exact) mass is 385 g/mol. The lowest BCUT2D eigenvalue weighted by Gasteiger charge is -2.36. The zero-order valence-electron chi connectivity index (χ0n) is 17.7. The van der Waals surface area contributed by atoms with Crippen molar-refractivity contribution in [1.82, 2.24) is 26.3 Å². The third-order valence-corrected chi connectivity index (χ3v) is 7.08. The molecule has 0 amide bonds. The molecule has 2 saturated carbocycles. The fraction of sp³-hybridized carbons (Fsp3) is 0.783. The predicted molar refractivity (Wildman–Crippen MR) is 115 cm³/mol. The van der Waals surface area contributed by atoms with Crippen molar-refractivity contribution in [1.29, 1.82) is 0 Å². The van der Waals surface area contributed by atoms with Crippen molar-refractivity contribution in [2.24, 2.45) is 0 Å². The lowest BCUT2D eigenvalue weighted by Crippen LogP contribution is -2.54. The molecule has 2 heterocycles. The van der Waals surface area contributed by atoms with Gasteiger partial charge < -0.3 is 21.3 Å². The molecule has 3 aliphatic rings. The van der Waals surface area contributed by atoms with Gasteiger partial charge in [-0.25, -0.2) is 0 Å². The molecule has 0 saturated heterocycles. The van der Waals surface area contributed by atoms with E-state index < -0.39 is 0 Å². The lowest BCUT2D eigenvalue weighted by molar-refractivity contribution is 0.254. The molecular weight excluding hydrogens is 346 g/mol. The maximum absolute atomic E-state index is 5.06. The molecule has 4 unspecified atom stereocenters. The fourth-order valence-electron chi connectivity index (χ4n) is 5.43. The zero-order valence-corrected chi connectivity index (χ0v) is 17.7. The highest BCUT2D eigenvalue weighted by Crippen LogP contribution is 2.24. The van der Waals surface area contributed by atoms with Crippen LogP contribution >= 0.6 is 0 Å². The summed E-state index contributed by atoms with van der Waals surface area (Å²) in [6.45, 7) is 6.66. The van der Waals surface area contributed by atoms with Crippen molar-refractivity contribution >= 4 is 0 Å². The van der Waals surface area contributed by atoms with Crippen molar-refractivity contribution < 1.29 is 0 Å². The van der Waals surface area contributed by atoms with Crippen LogP contribution in [0, 0.1) is 0 Å². The van der Waals surface area contributed by atoms with Gasteiger partial charge in [0.2, 0.25) is 0 Å². The van der Waals surface area contributed by atoms with Gasteiger partial charge in [0.05, 0.1) is 11.4 Å². The maximum Gasteiger partial charge on any atom is 0.0574 e. The Labute approximate surface area is 170 Å². The Morgan fingerprint density at radius 1 is 0.679 bits per heavy atom. The molecule has 2 bridgehead atoms. The number of hydrogen-bond donors (Lipinski definition) is 4. The van der Waals surface area contributed by atoms with E-state index in [1.807, 2.05) is 0 Å². The summed E-state index contributed by atoms with van der Waals surface area (Å²) in [5, 5.41) is 15.5. The van der Waals surface area contributed by atoms with Crippen LogP contribution in [0.25, 0.3) is 0 Å². The molecule has 0 spiro atoms. The Hall–Kier alpha value is -1.01. The van der Waals surface area contributed by atoms with E-state index >= 15 is 0 Å². The molecule has 2 aliphatic carbocycles. The first-order chi connectivity index (χ1) is 13.7. The number of fused-ring (bicyclic) bond motifs is 4. The molecule has 5 nitrogen and oxygen atoms in total. The van der Waals surface area contributed by atoms with E-state index in [2.05, 4.69) is 53.3 Å². The van der Waals surface area contributed by atoms with Gasteiger partial charge in [0.1, 0.15) is 0 Å². The first-order valence-corrected chi connectivity index (χ1v) is 11.7. The minimum atomic E-state index is 0.283. The van der Waals surface area contributed by atoms with Crippen LogP contribution in [0.4, 0.5) is 0 Å². The number of aromatic nitrogens is 1. The standard InChI is InChI=1S/C23H39N5/c1-16-18-12-7-13-19(28-18)17(2)27-23-11-6-4-9-21(23)25-15-14-24-20-8-3-5-10-22(20)26-16/h7,12-13,16-17,20-27H,3-6,8-11,14-15H2,1-2H3/t16-,17+,20?,21?,22?,23?. The summed E-state index contributed by atoms with van der Waals surface area (Å²) in [7, 11) is 0. The van der Waals surface area contributed by atoms with Crippen molar-refractivity contribution in [3.63, 3.8) is 0 Å². The van der Waals surface area contributed by atoms with E-state index in [9.17, 15) is 0 Å². The van der Waals surface area contributed by atoms with Crippen LogP contribution in [0.15, 0.2) is 18.2 Å². The quantitative estimate of drug-likeness (QED) is 0.552. The molecule has 6 atom stereocenters. The van der Waals surface area contributed by atoms with Gasteiger partial charge in [-0.1, -0.05) is 31.7 Å². The van der Waals surface area contributed by atoms with E-state index in [1.165, 1.54) is 62.8 Å². The second kappa shape index (κ2) is 9.66. The Balaban J connectivity index is 1.56. The Morgan fingerprint density at radius 2 is 1.11 bits per heavy atom. The summed E-state index contributed by atoms with van der Waals surface area (Å²) in [6, 6.07) is 9.34. The molecule has 0 radical (unpaired) electrons. The second-order valence-electron chi connectivity index (χ2n) is 9.17. The lowest BCUT2D eigenvalue weighted by atomic mass is 9.89. The molecular formula is C23H39N5. The molecule has 28 heavy (non-hydrogen) atoms. The first kappa shape index (κ1) is 20.3. The van der Waals surface area contributed by atoms with Crippen LogP contribution in [0.1, 0.15) is 88.7 Å². The molecule has 2 fully saturated rings. The van der Waals surface area contributed by atoms with Crippen LogP contribution in [-0.4, -0.2) is 42.2 Å². The highest BCUT2D eigenvalue weighted by Gasteiger charge is 2.29. The van der Waals surface area contributed by atoms with Crippen molar-refractivity contribution in [2.75, 3.05) is 13.1 Å². The summed E-state index contributed by atoms with van der Waals surface area (Å²) in [5.41, 5.74) is 2.34. The van der Waals surface area contributed by atoms with Gasteiger partial charge in [-0.15, -0.1) is 0 Å². The minimum Gasteiger partial charge on any atom is -0.311 e. The Morgan fingerprint density at radius 3 is 1.57 bits per heavy atom. The maximum atomic E-state index is 5.06.